The van der Waals surface area contributed by atoms with Gasteiger partial charge in [0.2, 0.25) is 0 Å². The summed E-state index contributed by atoms with van der Waals surface area (Å²) in [5, 5.41) is 5.14. The summed E-state index contributed by atoms with van der Waals surface area (Å²) in [5.41, 5.74) is 0.285. The lowest BCUT2D eigenvalue weighted by atomic mass is 10.1. The molecule has 0 bridgehead atoms. The zero-order valence-corrected chi connectivity index (χ0v) is 17.8. The fourth-order valence-electron chi connectivity index (χ4n) is 2.62. The van der Waals surface area contributed by atoms with E-state index in [1.165, 1.54) is 44.9 Å². The Hall–Kier alpha value is -4.05. The standard InChI is InChI=1S/C21H18ClN3O7/c1-29-16-9-12(14(10-17(16)30-2)25-20(27)15-6-4-8-31-15)21(28)32-11-18(26)24-13-5-3-7-23-19(13)22/h3-10H,11H2,1-2H3,(H,24,26)(H,25,27). The van der Waals surface area contributed by atoms with E-state index in [-0.39, 0.29) is 39.4 Å². The molecule has 0 atom stereocenters. The van der Waals surface area contributed by atoms with Crippen molar-refractivity contribution in [3.05, 3.63) is 65.3 Å². The van der Waals surface area contributed by atoms with E-state index in [0.717, 1.165) is 0 Å². The number of nitrogens with one attached hydrogen (secondary N) is 2. The van der Waals surface area contributed by atoms with Crippen LogP contribution >= 0.6 is 11.6 Å². The summed E-state index contributed by atoms with van der Waals surface area (Å²) >= 11 is 5.89. The number of ether oxygens (including phenoxy) is 3. The minimum Gasteiger partial charge on any atom is -0.493 e. The average Bonchev–Trinajstić information content (AvgIpc) is 3.34. The molecule has 11 heteroatoms. The number of rotatable bonds is 8. The molecule has 0 aliphatic rings. The van der Waals surface area contributed by atoms with Gasteiger partial charge in [0.25, 0.3) is 11.8 Å². The highest BCUT2D eigenvalue weighted by molar-refractivity contribution is 6.32. The topological polar surface area (TPSA) is 129 Å². The van der Waals surface area contributed by atoms with E-state index in [4.69, 9.17) is 30.2 Å². The maximum absolute atomic E-state index is 12.7. The monoisotopic (exact) mass is 459 g/mol. The number of hydrogen-bond donors (Lipinski definition) is 2. The summed E-state index contributed by atoms with van der Waals surface area (Å²) in [5.74, 6) is -1.58. The van der Waals surface area contributed by atoms with Crippen LogP contribution in [-0.4, -0.2) is 43.6 Å². The van der Waals surface area contributed by atoms with Gasteiger partial charge in [-0.1, -0.05) is 11.6 Å². The molecule has 3 rings (SSSR count). The molecular formula is C21H18ClN3O7. The number of esters is 1. The molecule has 32 heavy (non-hydrogen) atoms. The molecule has 0 aliphatic carbocycles. The summed E-state index contributed by atoms with van der Waals surface area (Å²) in [7, 11) is 2.79. The van der Waals surface area contributed by atoms with Crippen LogP contribution in [0, 0.1) is 0 Å². The second-order valence-electron chi connectivity index (χ2n) is 6.15. The van der Waals surface area contributed by atoms with Gasteiger partial charge in [-0.05, 0) is 24.3 Å². The minimum atomic E-state index is -0.881. The van der Waals surface area contributed by atoms with Crippen molar-refractivity contribution in [1.29, 1.82) is 0 Å². The van der Waals surface area contributed by atoms with Crippen molar-refractivity contribution in [2.24, 2.45) is 0 Å². The van der Waals surface area contributed by atoms with E-state index in [1.54, 1.807) is 18.2 Å². The highest BCUT2D eigenvalue weighted by Gasteiger charge is 2.22. The molecule has 3 aromatic rings. The number of anilines is 2. The number of furan rings is 1. The number of aromatic nitrogens is 1. The Kier molecular flexibility index (Phi) is 7.29. The number of methoxy groups -OCH3 is 2. The van der Waals surface area contributed by atoms with Gasteiger partial charge in [-0.15, -0.1) is 0 Å². The number of carbonyl (C=O) groups excluding carboxylic acids is 3. The second kappa shape index (κ2) is 10.3. The van der Waals surface area contributed by atoms with Crippen molar-refractivity contribution in [3.8, 4) is 11.5 Å². The lowest BCUT2D eigenvalue weighted by Gasteiger charge is -2.15. The quantitative estimate of drug-likeness (QED) is 0.387. The molecule has 0 unspecified atom stereocenters. The van der Waals surface area contributed by atoms with Crippen molar-refractivity contribution in [2.75, 3.05) is 31.5 Å². The minimum absolute atomic E-state index is 0.0341. The highest BCUT2D eigenvalue weighted by Crippen LogP contribution is 2.34. The molecule has 0 saturated carbocycles. The highest BCUT2D eigenvalue weighted by atomic mass is 35.5. The van der Waals surface area contributed by atoms with Crippen molar-refractivity contribution < 1.29 is 33.0 Å². The molecule has 2 amide bonds. The van der Waals surface area contributed by atoms with Crippen molar-refractivity contribution in [1.82, 2.24) is 4.98 Å². The third kappa shape index (κ3) is 5.35. The van der Waals surface area contributed by atoms with Gasteiger partial charge >= 0.3 is 5.97 Å². The van der Waals surface area contributed by atoms with Gasteiger partial charge in [-0.25, -0.2) is 9.78 Å². The summed E-state index contributed by atoms with van der Waals surface area (Å²) in [6.45, 7) is -0.607. The predicted molar refractivity (Wildman–Crippen MR) is 114 cm³/mol. The first-order valence-electron chi connectivity index (χ1n) is 9.11. The first-order valence-corrected chi connectivity index (χ1v) is 9.49. The SMILES string of the molecule is COc1cc(NC(=O)c2ccco2)c(C(=O)OCC(=O)Nc2cccnc2Cl)cc1OC. The van der Waals surface area contributed by atoms with E-state index in [1.807, 2.05) is 0 Å². The maximum atomic E-state index is 12.7. The first-order chi connectivity index (χ1) is 15.4. The molecule has 0 radical (unpaired) electrons. The molecule has 2 N–H and O–H groups in total. The van der Waals surface area contributed by atoms with Crippen LogP contribution in [0.5, 0.6) is 11.5 Å². The fraction of sp³-hybridized carbons (Fsp3) is 0.143. The average molecular weight is 460 g/mol. The van der Waals surface area contributed by atoms with Gasteiger partial charge in [0.05, 0.1) is 37.4 Å². The Bertz CT molecular complexity index is 1130. The van der Waals surface area contributed by atoms with Gasteiger partial charge in [0.1, 0.15) is 0 Å². The maximum Gasteiger partial charge on any atom is 0.340 e. The molecule has 2 aromatic heterocycles. The van der Waals surface area contributed by atoms with Crippen molar-refractivity contribution in [3.63, 3.8) is 0 Å². The number of carbonyl (C=O) groups is 3. The Labute approximate surface area is 187 Å². The molecule has 0 spiro atoms. The normalized spacial score (nSPS) is 10.2. The van der Waals surface area contributed by atoms with E-state index in [9.17, 15) is 14.4 Å². The van der Waals surface area contributed by atoms with Crippen molar-refractivity contribution >= 4 is 40.8 Å². The number of hydrogen-bond acceptors (Lipinski definition) is 8. The first kappa shape index (κ1) is 22.6. The summed E-state index contributed by atoms with van der Waals surface area (Å²) in [6.07, 6.45) is 2.81. The van der Waals surface area contributed by atoms with Gasteiger partial charge < -0.3 is 29.3 Å². The van der Waals surface area contributed by atoms with Gasteiger partial charge in [-0.3, -0.25) is 9.59 Å². The van der Waals surface area contributed by atoms with Crippen LogP contribution in [0.2, 0.25) is 5.15 Å². The number of benzene rings is 1. The molecule has 0 saturated heterocycles. The molecule has 0 aliphatic heterocycles. The number of nitrogens with zero attached hydrogens (tertiary/aromatic N) is 1. The van der Waals surface area contributed by atoms with Crippen LogP contribution < -0.4 is 20.1 Å². The van der Waals surface area contributed by atoms with E-state index in [0.29, 0.717) is 0 Å². The van der Waals surface area contributed by atoms with Crippen LogP contribution in [0.3, 0.4) is 0 Å². The molecule has 0 fully saturated rings. The van der Waals surface area contributed by atoms with E-state index >= 15 is 0 Å². The number of pyridine rings is 1. The Morgan fingerprint density at radius 3 is 2.44 bits per heavy atom. The lowest BCUT2D eigenvalue weighted by Crippen LogP contribution is -2.22. The molecule has 2 heterocycles. The predicted octanol–water partition coefficient (Wildman–Crippen LogP) is 3.39. The Balaban J connectivity index is 1.78. The van der Waals surface area contributed by atoms with Crippen LogP contribution in [0.4, 0.5) is 11.4 Å². The van der Waals surface area contributed by atoms with Crippen LogP contribution in [0.25, 0.3) is 0 Å². The molecule has 166 valence electrons. The summed E-state index contributed by atoms with van der Waals surface area (Å²) in [6, 6.07) is 8.87. The largest absolute Gasteiger partial charge is 0.493 e. The third-order valence-electron chi connectivity index (χ3n) is 4.10. The Morgan fingerprint density at radius 2 is 1.78 bits per heavy atom. The van der Waals surface area contributed by atoms with Crippen LogP contribution in [-0.2, 0) is 9.53 Å². The second-order valence-corrected chi connectivity index (χ2v) is 6.51. The third-order valence-corrected chi connectivity index (χ3v) is 4.41. The van der Waals surface area contributed by atoms with E-state index < -0.39 is 24.4 Å². The summed E-state index contributed by atoms with van der Waals surface area (Å²) < 4.78 is 20.6. The fourth-order valence-corrected chi connectivity index (χ4v) is 2.78. The van der Waals surface area contributed by atoms with Crippen LogP contribution in [0.15, 0.2) is 53.3 Å². The number of halogens is 1. The zero-order valence-electron chi connectivity index (χ0n) is 17.0. The van der Waals surface area contributed by atoms with Gasteiger partial charge in [-0.2, -0.15) is 0 Å². The van der Waals surface area contributed by atoms with Crippen LogP contribution in [0.1, 0.15) is 20.9 Å². The van der Waals surface area contributed by atoms with E-state index in [2.05, 4.69) is 15.6 Å². The molecule has 1 aromatic carbocycles. The smallest absolute Gasteiger partial charge is 0.340 e. The molecule has 10 nitrogen and oxygen atoms in total. The van der Waals surface area contributed by atoms with Crippen molar-refractivity contribution in [2.45, 2.75) is 0 Å². The number of amides is 2. The zero-order chi connectivity index (χ0) is 23.1. The molecular weight excluding hydrogens is 442 g/mol. The Morgan fingerprint density at radius 1 is 1.03 bits per heavy atom. The summed E-state index contributed by atoms with van der Waals surface area (Å²) in [4.78, 5) is 41.1. The lowest BCUT2D eigenvalue weighted by molar-refractivity contribution is -0.119. The van der Waals surface area contributed by atoms with Gasteiger partial charge in [0.15, 0.2) is 29.0 Å². The van der Waals surface area contributed by atoms with Gasteiger partial charge in [0, 0.05) is 18.3 Å².